The molecule has 0 aliphatic heterocycles. The Morgan fingerprint density at radius 3 is 2.73 bits per heavy atom. The van der Waals surface area contributed by atoms with E-state index in [1.807, 2.05) is 41.6 Å². The third-order valence-electron chi connectivity index (χ3n) is 3.67. The van der Waals surface area contributed by atoms with Crippen molar-refractivity contribution in [2.75, 3.05) is 25.1 Å². The standard InChI is InChI=1S/C19H27N5S.HI/c1-5-11-25-12-10-21-19(20-4)22-14-17-8-6-7-9-18(17)24-16(3)13-15(2)23-24;/h5-9,13H,1,10-12,14H2,2-4H3,(H2,20,21,22);1H. The predicted molar refractivity (Wildman–Crippen MR) is 124 cm³/mol. The van der Waals surface area contributed by atoms with Crippen molar-refractivity contribution in [1.82, 2.24) is 20.4 Å². The molecule has 5 nitrogen and oxygen atoms in total. The van der Waals surface area contributed by atoms with E-state index >= 15 is 0 Å². The number of para-hydroxylation sites is 1. The molecule has 0 aliphatic rings. The van der Waals surface area contributed by atoms with Crippen LogP contribution in [0.4, 0.5) is 0 Å². The van der Waals surface area contributed by atoms with Crippen LogP contribution in [0, 0.1) is 13.8 Å². The van der Waals surface area contributed by atoms with Crippen LogP contribution in [0.2, 0.25) is 0 Å². The van der Waals surface area contributed by atoms with Gasteiger partial charge in [-0.15, -0.1) is 30.6 Å². The lowest BCUT2D eigenvalue weighted by Crippen LogP contribution is -2.38. The molecule has 142 valence electrons. The maximum absolute atomic E-state index is 4.60. The summed E-state index contributed by atoms with van der Waals surface area (Å²) >= 11 is 1.85. The van der Waals surface area contributed by atoms with E-state index in [0.29, 0.717) is 6.54 Å². The molecule has 26 heavy (non-hydrogen) atoms. The summed E-state index contributed by atoms with van der Waals surface area (Å²) in [7, 11) is 1.79. The molecule has 1 aromatic carbocycles. The molecule has 0 unspecified atom stereocenters. The number of aromatic nitrogens is 2. The second-order valence-electron chi connectivity index (χ2n) is 5.68. The van der Waals surface area contributed by atoms with Crippen molar-refractivity contribution < 1.29 is 0 Å². The molecule has 0 amide bonds. The Morgan fingerprint density at radius 2 is 2.08 bits per heavy atom. The zero-order valence-corrected chi connectivity index (χ0v) is 18.8. The number of nitrogens with zero attached hydrogens (tertiary/aromatic N) is 3. The summed E-state index contributed by atoms with van der Waals surface area (Å²) in [6.45, 7) is 9.38. The van der Waals surface area contributed by atoms with E-state index in [-0.39, 0.29) is 24.0 Å². The Kier molecular flexibility index (Phi) is 10.4. The third-order valence-corrected chi connectivity index (χ3v) is 4.64. The first-order valence-corrected chi connectivity index (χ1v) is 9.56. The molecule has 0 saturated carbocycles. The zero-order chi connectivity index (χ0) is 18.1. The van der Waals surface area contributed by atoms with Gasteiger partial charge in [-0.05, 0) is 31.5 Å². The van der Waals surface area contributed by atoms with Gasteiger partial charge in [0.15, 0.2) is 5.96 Å². The minimum absolute atomic E-state index is 0. The molecule has 0 bridgehead atoms. The summed E-state index contributed by atoms with van der Waals surface area (Å²) < 4.78 is 1.99. The van der Waals surface area contributed by atoms with Gasteiger partial charge in [-0.1, -0.05) is 24.3 Å². The van der Waals surface area contributed by atoms with Gasteiger partial charge < -0.3 is 10.6 Å². The summed E-state index contributed by atoms with van der Waals surface area (Å²) in [5.74, 6) is 2.81. The quantitative estimate of drug-likeness (QED) is 0.197. The number of aryl methyl sites for hydroxylation is 2. The first kappa shape index (κ1) is 22.6. The average Bonchev–Trinajstić information content (AvgIpc) is 2.96. The Labute approximate surface area is 177 Å². The van der Waals surface area contributed by atoms with E-state index in [9.17, 15) is 0 Å². The molecule has 0 aliphatic carbocycles. The number of rotatable bonds is 8. The van der Waals surface area contributed by atoms with Crippen LogP contribution in [0.5, 0.6) is 0 Å². The van der Waals surface area contributed by atoms with E-state index in [4.69, 9.17) is 0 Å². The second-order valence-corrected chi connectivity index (χ2v) is 6.83. The number of halogens is 1. The Balaban J connectivity index is 0.00000338. The van der Waals surface area contributed by atoms with Gasteiger partial charge in [0.25, 0.3) is 0 Å². The molecule has 2 rings (SSSR count). The molecule has 0 saturated heterocycles. The number of hydrogen-bond acceptors (Lipinski definition) is 3. The van der Waals surface area contributed by atoms with Crippen LogP contribution in [0.1, 0.15) is 17.0 Å². The Bertz CT molecular complexity index is 726. The molecular weight excluding hydrogens is 457 g/mol. The van der Waals surface area contributed by atoms with Crippen molar-refractivity contribution in [3.63, 3.8) is 0 Å². The van der Waals surface area contributed by atoms with Gasteiger partial charge in [0.05, 0.1) is 11.4 Å². The monoisotopic (exact) mass is 485 g/mol. The van der Waals surface area contributed by atoms with Crippen molar-refractivity contribution in [1.29, 1.82) is 0 Å². The van der Waals surface area contributed by atoms with Crippen LogP contribution in [-0.4, -0.2) is 40.8 Å². The van der Waals surface area contributed by atoms with E-state index in [0.717, 1.165) is 41.1 Å². The van der Waals surface area contributed by atoms with Gasteiger partial charge >= 0.3 is 0 Å². The van der Waals surface area contributed by atoms with Gasteiger partial charge in [0, 0.05) is 37.3 Å². The van der Waals surface area contributed by atoms with Crippen LogP contribution >= 0.6 is 35.7 Å². The van der Waals surface area contributed by atoms with E-state index in [1.165, 1.54) is 5.56 Å². The fourth-order valence-electron chi connectivity index (χ4n) is 2.55. The SMILES string of the molecule is C=CCSCCNC(=NC)NCc1ccccc1-n1nc(C)cc1C.I. The normalized spacial score (nSPS) is 11.0. The minimum atomic E-state index is 0. The smallest absolute Gasteiger partial charge is 0.191 e. The van der Waals surface area contributed by atoms with Gasteiger partial charge in [-0.3, -0.25) is 4.99 Å². The second kappa shape index (κ2) is 12.0. The highest BCUT2D eigenvalue weighted by atomic mass is 127. The number of guanidine groups is 1. The van der Waals surface area contributed by atoms with Gasteiger partial charge in [-0.25, -0.2) is 4.68 Å². The highest BCUT2D eigenvalue weighted by Crippen LogP contribution is 2.16. The first-order valence-electron chi connectivity index (χ1n) is 8.40. The van der Waals surface area contributed by atoms with Crippen LogP contribution in [-0.2, 0) is 6.54 Å². The number of thioether (sulfide) groups is 1. The van der Waals surface area contributed by atoms with Gasteiger partial charge in [-0.2, -0.15) is 16.9 Å². The Hall–Kier alpha value is -1.48. The van der Waals surface area contributed by atoms with Crippen LogP contribution in [0.3, 0.4) is 0 Å². The maximum atomic E-state index is 4.60. The van der Waals surface area contributed by atoms with E-state index in [1.54, 1.807) is 7.05 Å². The van der Waals surface area contributed by atoms with Gasteiger partial charge in [0.1, 0.15) is 0 Å². The molecule has 0 radical (unpaired) electrons. The molecule has 0 atom stereocenters. The highest BCUT2D eigenvalue weighted by molar-refractivity contribution is 14.0. The summed E-state index contributed by atoms with van der Waals surface area (Å²) in [5.41, 5.74) is 4.43. The van der Waals surface area contributed by atoms with Crippen molar-refractivity contribution >= 4 is 41.7 Å². The van der Waals surface area contributed by atoms with E-state index < -0.39 is 0 Å². The molecule has 1 heterocycles. The lowest BCUT2D eigenvalue weighted by molar-refractivity contribution is 0.789. The largest absolute Gasteiger partial charge is 0.356 e. The third kappa shape index (κ3) is 6.68. The summed E-state index contributed by atoms with van der Waals surface area (Å²) in [6, 6.07) is 10.4. The fourth-order valence-corrected chi connectivity index (χ4v) is 3.13. The predicted octanol–water partition coefficient (Wildman–Crippen LogP) is 3.69. The molecule has 2 N–H and O–H groups in total. The first-order chi connectivity index (χ1) is 12.2. The number of benzene rings is 1. The van der Waals surface area contributed by atoms with Crippen molar-refractivity contribution in [3.8, 4) is 5.69 Å². The average molecular weight is 485 g/mol. The number of aliphatic imine (C=N–C) groups is 1. The molecular formula is C19H28IN5S. The Morgan fingerprint density at radius 1 is 1.31 bits per heavy atom. The van der Waals surface area contributed by atoms with Crippen LogP contribution in [0.25, 0.3) is 5.69 Å². The van der Waals surface area contributed by atoms with Crippen molar-refractivity contribution in [2.45, 2.75) is 20.4 Å². The summed E-state index contributed by atoms with van der Waals surface area (Å²) in [5, 5.41) is 11.3. The minimum Gasteiger partial charge on any atom is -0.356 e. The van der Waals surface area contributed by atoms with Crippen LogP contribution < -0.4 is 10.6 Å². The number of hydrogen-bond donors (Lipinski definition) is 2. The summed E-state index contributed by atoms with van der Waals surface area (Å²) in [4.78, 5) is 4.29. The number of nitrogens with one attached hydrogen (secondary N) is 2. The van der Waals surface area contributed by atoms with Crippen molar-refractivity contribution in [3.05, 3.63) is 59.9 Å². The molecule has 0 fully saturated rings. The molecule has 1 aromatic heterocycles. The molecule has 2 aromatic rings. The summed E-state index contributed by atoms with van der Waals surface area (Å²) in [6.07, 6.45) is 1.92. The van der Waals surface area contributed by atoms with Gasteiger partial charge in [0.2, 0.25) is 0 Å². The lowest BCUT2D eigenvalue weighted by atomic mass is 10.1. The highest BCUT2D eigenvalue weighted by Gasteiger charge is 2.09. The topological polar surface area (TPSA) is 54.2 Å². The zero-order valence-electron chi connectivity index (χ0n) is 15.7. The molecule has 0 spiro atoms. The van der Waals surface area contributed by atoms with Crippen LogP contribution in [0.15, 0.2) is 48.0 Å². The van der Waals surface area contributed by atoms with Crippen molar-refractivity contribution in [2.24, 2.45) is 4.99 Å². The fraction of sp³-hybridized carbons (Fsp3) is 0.368. The maximum Gasteiger partial charge on any atom is 0.191 e. The molecule has 7 heteroatoms. The lowest BCUT2D eigenvalue weighted by Gasteiger charge is -2.15. The van der Waals surface area contributed by atoms with E-state index in [2.05, 4.69) is 52.4 Å².